The van der Waals surface area contributed by atoms with Crippen molar-refractivity contribution in [1.29, 1.82) is 0 Å². The lowest BCUT2D eigenvalue weighted by atomic mass is 10.2. The summed E-state index contributed by atoms with van der Waals surface area (Å²) in [6.07, 6.45) is -3.04. The molecule has 1 aromatic carbocycles. The molecule has 0 saturated heterocycles. The normalized spacial score (nSPS) is 11.4. The van der Waals surface area contributed by atoms with Crippen LogP contribution in [-0.2, 0) is 21.2 Å². The number of carbonyl (C=O) groups is 2. The highest BCUT2D eigenvalue weighted by atomic mass is 32.2. The summed E-state index contributed by atoms with van der Waals surface area (Å²) >= 11 is 0. The first kappa shape index (κ1) is 30.6. The number of carboxylic acid groups (broad SMARTS) is 2. The van der Waals surface area contributed by atoms with Crippen LogP contribution in [0.15, 0.2) is 41.4 Å². The van der Waals surface area contributed by atoms with Gasteiger partial charge in [0, 0.05) is 25.8 Å². The number of nitrogens with one attached hydrogen (secondary N) is 1. The van der Waals surface area contributed by atoms with Crippen molar-refractivity contribution in [2.24, 2.45) is 0 Å². The molecule has 0 atom stereocenters. The number of aliphatic carboxylic acids is 1. The topological polar surface area (TPSA) is 140 Å². The van der Waals surface area contributed by atoms with Crippen LogP contribution in [0.2, 0.25) is 0 Å². The van der Waals surface area contributed by atoms with Gasteiger partial charge >= 0.3 is 18.1 Å². The minimum absolute atomic E-state index is 0.0866. The van der Waals surface area contributed by atoms with E-state index in [4.69, 9.17) is 9.90 Å². The summed E-state index contributed by atoms with van der Waals surface area (Å²) < 4.78 is 60.1. The maximum Gasteiger partial charge on any atom is 0.490 e. The number of benzene rings is 1. The third-order valence-electron chi connectivity index (χ3n) is 4.74. The van der Waals surface area contributed by atoms with Crippen LogP contribution >= 0.6 is 0 Å². The summed E-state index contributed by atoms with van der Waals surface area (Å²) in [5, 5.41) is 16.4. The van der Waals surface area contributed by atoms with Crippen LogP contribution in [0.25, 0.3) is 0 Å². The standard InChI is InChI=1S/C20H28N4O4S.C2HF3O2/c1-5-15-7-9-17(10-8-15)29(27,28)22-18-13-16(20(25)26)14-21-19(18)24(6-2)12-11-23(3)4;3-2(4,5)1(6)7/h7-10,13-14,22H,5-6,11-12H2,1-4H3,(H,25,26);(H,6,7). The number of aryl methyl sites for hydroxylation is 1. The van der Waals surface area contributed by atoms with Gasteiger partial charge in [0.1, 0.15) is 0 Å². The maximum atomic E-state index is 12.9. The average molecular weight is 535 g/mol. The maximum absolute atomic E-state index is 12.9. The Hall–Kier alpha value is -3.39. The first-order valence-electron chi connectivity index (χ1n) is 10.7. The van der Waals surface area contributed by atoms with Crippen molar-refractivity contribution < 1.29 is 41.4 Å². The summed E-state index contributed by atoms with van der Waals surface area (Å²) in [7, 11) is -0.0106. The number of hydrogen-bond acceptors (Lipinski definition) is 7. The van der Waals surface area contributed by atoms with Gasteiger partial charge in [0.2, 0.25) is 0 Å². The number of aromatic carboxylic acids is 1. The molecule has 0 bridgehead atoms. The number of alkyl halides is 3. The van der Waals surface area contributed by atoms with Crippen LogP contribution in [0.3, 0.4) is 0 Å². The smallest absolute Gasteiger partial charge is 0.478 e. The second-order valence-corrected chi connectivity index (χ2v) is 9.37. The predicted molar refractivity (Wildman–Crippen MR) is 128 cm³/mol. The van der Waals surface area contributed by atoms with Crippen molar-refractivity contribution in [3.05, 3.63) is 47.7 Å². The largest absolute Gasteiger partial charge is 0.490 e. The number of hydrogen-bond donors (Lipinski definition) is 3. The van der Waals surface area contributed by atoms with Crippen LogP contribution < -0.4 is 9.62 Å². The van der Waals surface area contributed by atoms with E-state index >= 15 is 0 Å². The number of nitrogens with zero attached hydrogens (tertiary/aromatic N) is 3. The SMILES string of the molecule is CCc1ccc(S(=O)(=O)Nc2cc(C(=O)O)cnc2N(CC)CCN(C)C)cc1.O=C(O)C(F)(F)F. The van der Waals surface area contributed by atoms with Gasteiger partial charge in [-0.15, -0.1) is 0 Å². The second kappa shape index (κ2) is 13.1. The van der Waals surface area contributed by atoms with Gasteiger partial charge in [-0.3, -0.25) is 4.72 Å². The Labute approximate surface area is 207 Å². The zero-order chi connectivity index (χ0) is 27.7. The van der Waals surface area contributed by atoms with Gasteiger partial charge in [-0.1, -0.05) is 19.1 Å². The van der Waals surface area contributed by atoms with Crippen molar-refractivity contribution in [2.75, 3.05) is 43.4 Å². The third kappa shape index (κ3) is 9.34. The Bertz CT molecular complexity index is 1140. The third-order valence-corrected chi connectivity index (χ3v) is 6.12. The molecule has 1 heterocycles. The van der Waals surface area contributed by atoms with Crippen molar-refractivity contribution >= 4 is 33.5 Å². The first-order valence-corrected chi connectivity index (χ1v) is 12.2. The molecule has 10 nitrogen and oxygen atoms in total. The number of aromatic nitrogens is 1. The molecule has 0 aliphatic carbocycles. The Morgan fingerprint density at radius 3 is 2.03 bits per heavy atom. The lowest BCUT2D eigenvalue weighted by Crippen LogP contribution is -2.33. The van der Waals surface area contributed by atoms with E-state index in [2.05, 4.69) is 9.71 Å². The van der Waals surface area contributed by atoms with Crippen molar-refractivity contribution in [3.63, 3.8) is 0 Å². The second-order valence-electron chi connectivity index (χ2n) is 7.69. The van der Waals surface area contributed by atoms with Gasteiger partial charge in [0.05, 0.1) is 16.1 Å². The average Bonchev–Trinajstić information content (AvgIpc) is 2.79. The fourth-order valence-electron chi connectivity index (χ4n) is 2.74. The van der Waals surface area contributed by atoms with E-state index < -0.39 is 28.1 Å². The molecular weight excluding hydrogens is 505 g/mol. The van der Waals surface area contributed by atoms with Gasteiger partial charge < -0.3 is 20.0 Å². The van der Waals surface area contributed by atoms with Gasteiger partial charge in [0.15, 0.2) is 5.82 Å². The van der Waals surface area contributed by atoms with E-state index in [0.717, 1.165) is 18.5 Å². The first-order chi connectivity index (χ1) is 16.6. The Morgan fingerprint density at radius 1 is 1.06 bits per heavy atom. The van der Waals surface area contributed by atoms with Crippen LogP contribution in [-0.4, -0.2) is 80.4 Å². The van der Waals surface area contributed by atoms with E-state index in [-0.39, 0.29) is 16.1 Å². The number of rotatable bonds is 10. The molecule has 0 saturated carbocycles. The predicted octanol–water partition coefficient (Wildman–Crippen LogP) is 3.16. The van der Waals surface area contributed by atoms with Crippen molar-refractivity contribution in [3.8, 4) is 0 Å². The molecule has 0 aliphatic rings. The molecule has 0 radical (unpaired) electrons. The Balaban J connectivity index is 0.000000809. The minimum atomic E-state index is -5.08. The number of carboxylic acids is 2. The number of pyridine rings is 1. The Kier molecular flexibility index (Phi) is 11.1. The molecule has 0 amide bonds. The molecular formula is C22H29F3N4O6S. The molecule has 1 aromatic heterocycles. The zero-order valence-corrected chi connectivity index (χ0v) is 21.0. The monoisotopic (exact) mass is 534 g/mol. The molecule has 0 fully saturated rings. The molecule has 0 aliphatic heterocycles. The van der Waals surface area contributed by atoms with E-state index in [1.807, 2.05) is 37.7 Å². The van der Waals surface area contributed by atoms with Crippen LogP contribution in [0.1, 0.15) is 29.8 Å². The highest BCUT2D eigenvalue weighted by Gasteiger charge is 2.38. The molecule has 14 heteroatoms. The fraction of sp³-hybridized carbons (Fsp3) is 0.409. The van der Waals surface area contributed by atoms with Crippen molar-refractivity contribution in [2.45, 2.75) is 31.3 Å². The summed E-state index contributed by atoms with van der Waals surface area (Å²) in [6, 6.07) is 7.91. The summed E-state index contributed by atoms with van der Waals surface area (Å²) in [5.41, 5.74) is 1.08. The fourth-order valence-corrected chi connectivity index (χ4v) is 3.80. The van der Waals surface area contributed by atoms with Gasteiger partial charge in [-0.05, 0) is 51.2 Å². The molecule has 36 heavy (non-hydrogen) atoms. The minimum Gasteiger partial charge on any atom is -0.478 e. The number of anilines is 2. The number of sulfonamides is 1. The van der Waals surface area contributed by atoms with E-state index in [0.29, 0.717) is 18.9 Å². The number of likely N-dealkylation sites (N-methyl/N-ethyl adjacent to an activating group) is 2. The van der Waals surface area contributed by atoms with E-state index in [9.17, 15) is 31.5 Å². The Morgan fingerprint density at radius 2 is 1.61 bits per heavy atom. The lowest BCUT2D eigenvalue weighted by molar-refractivity contribution is -0.192. The molecule has 0 unspecified atom stereocenters. The zero-order valence-electron chi connectivity index (χ0n) is 20.2. The van der Waals surface area contributed by atoms with Gasteiger partial charge in [-0.25, -0.2) is 23.0 Å². The molecule has 2 aromatic rings. The van der Waals surface area contributed by atoms with Gasteiger partial charge in [0.25, 0.3) is 10.0 Å². The van der Waals surface area contributed by atoms with Crippen LogP contribution in [0.5, 0.6) is 0 Å². The molecule has 0 spiro atoms. The summed E-state index contributed by atoms with van der Waals surface area (Å²) in [5.74, 6) is -3.53. The van der Waals surface area contributed by atoms with E-state index in [1.165, 1.54) is 12.3 Å². The number of halogens is 3. The van der Waals surface area contributed by atoms with Crippen LogP contribution in [0, 0.1) is 0 Å². The van der Waals surface area contributed by atoms with E-state index in [1.54, 1.807) is 24.3 Å². The van der Waals surface area contributed by atoms with Gasteiger partial charge in [-0.2, -0.15) is 13.2 Å². The highest BCUT2D eigenvalue weighted by molar-refractivity contribution is 7.92. The quantitative estimate of drug-likeness (QED) is 0.419. The highest BCUT2D eigenvalue weighted by Crippen LogP contribution is 2.27. The van der Waals surface area contributed by atoms with Crippen molar-refractivity contribution in [1.82, 2.24) is 9.88 Å². The van der Waals surface area contributed by atoms with Crippen LogP contribution in [0.4, 0.5) is 24.7 Å². The molecule has 3 N–H and O–H groups in total. The molecule has 2 rings (SSSR count). The summed E-state index contributed by atoms with van der Waals surface area (Å²) in [6.45, 7) is 5.87. The summed E-state index contributed by atoms with van der Waals surface area (Å²) in [4.78, 5) is 28.6. The lowest BCUT2D eigenvalue weighted by Gasteiger charge is -2.26. The molecule has 200 valence electrons.